The molecule has 0 saturated heterocycles. The number of ether oxygens (including phenoxy) is 2. The van der Waals surface area contributed by atoms with Crippen LogP contribution in [0.2, 0.25) is 18.1 Å². The molecular weight excluding hydrogens is 390 g/mol. The number of hydrogen-bond donors (Lipinski definition) is 1. The summed E-state index contributed by atoms with van der Waals surface area (Å²) >= 11 is 3.43. The van der Waals surface area contributed by atoms with Crippen LogP contribution in [0.25, 0.3) is 0 Å². The molecule has 136 valence electrons. The molecule has 0 fully saturated rings. The van der Waals surface area contributed by atoms with Crippen molar-refractivity contribution < 1.29 is 18.7 Å². The number of carbonyl (C=O) groups is 1. The second-order valence-corrected chi connectivity index (χ2v) is 12.9. The molecule has 0 aliphatic heterocycles. The van der Waals surface area contributed by atoms with Crippen LogP contribution in [0.3, 0.4) is 0 Å². The van der Waals surface area contributed by atoms with Crippen molar-refractivity contribution >= 4 is 30.3 Å². The molecule has 24 heavy (non-hydrogen) atoms. The number of rotatable bonds is 8. The SMILES string of the molecule is CC(C)(C)[Si](C)(C)OC(CCOC(N)=O)COc1cccc(Br)c1. The number of primary amides is 1. The molecule has 0 radical (unpaired) electrons. The lowest BCUT2D eigenvalue weighted by Crippen LogP contribution is -2.45. The van der Waals surface area contributed by atoms with Gasteiger partial charge in [-0.25, -0.2) is 4.79 Å². The molecule has 0 spiro atoms. The van der Waals surface area contributed by atoms with Crippen LogP contribution in [0.15, 0.2) is 28.7 Å². The first-order valence-electron chi connectivity index (χ1n) is 8.00. The van der Waals surface area contributed by atoms with Gasteiger partial charge in [-0.3, -0.25) is 0 Å². The van der Waals surface area contributed by atoms with E-state index in [1.807, 2.05) is 24.3 Å². The van der Waals surface area contributed by atoms with E-state index in [0.717, 1.165) is 10.2 Å². The number of benzene rings is 1. The first kappa shape index (κ1) is 21.0. The summed E-state index contributed by atoms with van der Waals surface area (Å²) in [5.74, 6) is 0.768. The monoisotopic (exact) mass is 417 g/mol. The Bertz CT molecular complexity index is 546. The molecule has 1 rings (SSSR count). The van der Waals surface area contributed by atoms with Crippen molar-refractivity contribution in [3.05, 3.63) is 28.7 Å². The van der Waals surface area contributed by atoms with Crippen LogP contribution in [0.5, 0.6) is 5.75 Å². The standard InChI is InChI=1S/C17H28BrNO4Si/c1-17(2,3)24(4,5)23-15(9-10-21-16(19)20)12-22-14-8-6-7-13(18)11-14/h6-8,11,15H,9-10,12H2,1-5H3,(H2,19,20). The average Bonchev–Trinajstić information content (AvgIpc) is 2.42. The second kappa shape index (κ2) is 8.87. The zero-order valence-corrected chi connectivity index (χ0v) is 17.7. The van der Waals surface area contributed by atoms with Crippen LogP contribution in [-0.4, -0.2) is 33.7 Å². The molecular formula is C17H28BrNO4Si. The number of carbonyl (C=O) groups excluding carboxylic acids is 1. The maximum atomic E-state index is 10.8. The highest BCUT2D eigenvalue weighted by atomic mass is 79.9. The molecule has 1 aromatic rings. The Morgan fingerprint density at radius 2 is 2.00 bits per heavy atom. The molecule has 1 aromatic carbocycles. The van der Waals surface area contributed by atoms with Crippen molar-refractivity contribution in [2.75, 3.05) is 13.2 Å². The summed E-state index contributed by atoms with van der Waals surface area (Å²) < 4.78 is 18.1. The van der Waals surface area contributed by atoms with E-state index in [1.165, 1.54) is 0 Å². The Labute approximate surface area is 154 Å². The minimum Gasteiger partial charge on any atom is -0.491 e. The van der Waals surface area contributed by atoms with E-state index in [4.69, 9.17) is 19.6 Å². The molecule has 7 heteroatoms. The fraction of sp³-hybridized carbons (Fsp3) is 0.588. The Morgan fingerprint density at radius 1 is 1.33 bits per heavy atom. The first-order valence-corrected chi connectivity index (χ1v) is 11.7. The summed E-state index contributed by atoms with van der Waals surface area (Å²) in [6.07, 6.45) is -0.387. The van der Waals surface area contributed by atoms with Gasteiger partial charge in [-0.2, -0.15) is 0 Å². The molecule has 0 aromatic heterocycles. The van der Waals surface area contributed by atoms with E-state index in [0.29, 0.717) is 13.0 Å². The summed E-state index contributed by atoms with van der Waals surface area (Å²) in [6.45, 7) is 11.5. The third kappa shape index (κ3) is 7.23. The average molecular weight is 418 g/mol. The van der Waals surface area contributed by atoms with E-state index >= 15 is 0 Å². The van der Waals surface area contributed by atoms with Crippen molar-refractivity contribution in [1.29, 1.82) is 0 Å². The molecule has 1 amide bonds. The highest BCUT2D eigenvalue weighted by Gasteiger charge is 2.39. The van der Waals surface area contributed by atoms with Crippen molar-refractivity contribution in [3.63, 3.8) is 0 Å². The van der Waals surface area contributed by atoms with Crippen molar-refractivity contribution in [3.8, 4) is 5.75 Å². The molecule has 0 heterocycles. The van der Waals surface area contributed by atoms with E-state index in [1.54, 1.807) is 0 Å². The van der Waals surface area contributed by atoms with E-state index in [2.05, 4.69) is 49.8 Å². The van der Waals surface area contributed by atoms with Crippen LogP contribution in [0.4, 0.5) is 4.79 Å². The second-order valence-electron chi connectivity index (χ2n) is 7.22. The molecule has 5 nitrogen and oxygen atoms in total. The maximum absolute atomic E-state index is 10.8. The zero-order chi connectivity index (χ0) is 18.4. The van der Waals surface area contributed by atoms with Gasteiger partial charge in [0, 0.05) is 10.9 Å². The van der Waals surface area contributed by atoms with E-state index < -0.39 is 14.4 Å². The minimum atomic E-state index is -1.96. The lowest BCUT2D eigenvalue weighted by Gasteiger charge is -2.39. The molecule has 1 atom stereocenters. The highest BCUT2D eigenvalue weighted by Crippen LogP contribution is 2.37. The topological polar surface area (TPSA) is 70.8 Å². The fourth-order valence-corrected chi connectivity index (χ4v) is 3.56. The van der Waals surface area contributed by atoms with Gasteiger partial charge in [0.05, 0.1) is 12.7 Å². The first-order chi connectivity index (χ1) is 11.0. The molecule has 0 aliphatic rings. The summed E-state index contributed by atoms with van der Waals surface area (Å²) in [6, 6.07) is 7.66. The van der Waals surface area contributed by atoms with Gasteiger partial charge in [0.1, 0.15) is 12.4 Å². The van der Waals surface area contributed by atoms with E-state index in [-0.39, 0.29) is 17.7 Å². The molecule has 1 unspecified atom stereocenters. The molecule has 0 bridgehead atoms. The van der Waals surface area contributed by atoms with Crippen molar-refractivity contribution in [1.82, 2.24) is 0 Å². The largest absolute Gasteiger partial charge is 0.491 e. The predicted molar refractivity (Wildman–Crippen MR) is 102 cm³/mol. The lowest BCUT2D eigenvalue weighted by molar-refractivity contribution is 0.0809. The third-order valence-electron chi connectivity index (χ3n) is 4.18. The van der Waals surface area contributed by atoms with Crippen molar-refractivity contribution in [2.45, 2.75) is 51.4 Å². The maximum Gasteiger partial charge on any atom is 0.404 e. The smallest absolute Gasteiger partial charge is 0.404 e. The van der Waals surface area contributed by atoms with Crippen LogP contribution >= 0.6 is 15.9 Å². The van der Waals surface area contributed by atoms with Gasteiger partial charge in [0.15, 0.2) is 8.32 Å². The van der Waals surface area contributed by atoms with E-state index in [9.17, 15) is 4.79 Å². The highest BCUT2D eigenvalue weighted by molar-refractivity contribution is 9.10. The van der Waals surface area contributed by atoms with Gasteiger partial charge in [0.2, 0.25) is 0 Å². The minimum absolute atomic E-state index is 0.0889. The normalized spacial score (nSPS) is 13.4. The van der Waals surface area contributed by atoms with Crippen molar-refractivity contribution in [2.24, 2.45) is 5.73 Å². The quantitative estimate of drug-likeness (QED) is 0.621. The number of halogens is 1. The van der Waals surface area contributed by atoms with Gasteiger partial charge >= 0.3 is 6.09 Å². The summed E-state index contributed by atoms with van der Waals surface area (Å²) in [5.41, 5.74) is 5.03. The van der Waals surface area contributed by atoms with Crippen LogP contribution in [-0.2, 0) is 9.16 Å². The Hall–Kier alpha value is -1.05. The Balaban J connectivity index is 2.71. The molecule has 2 N–H and O–H groups in total. The molecule has 0 saturated carbocycles. The number of nitrogens with two attached hydrogens (primary N) is 1. The van der Waals surface area contributed by atoms with Gasteiger partial charge < -0.3 is 19.6 Å². The van der Waals surface area contributed by atoms with Gasteiger partial charge in [-0.1, -0.05) is 42.8 Å². The lowest BCUT2D eigenvalue weighted by atomic mass is 10.2. The van der Waals surface area contributed by atoms with Crippen LogP contribution in [0.1, 0.15) is 27.2 Å². The van der Waals surface area contributed by atoms with Gasteiger partial charge in [-0.05, 0) is 36.3 Å². The Kier molecular flexibility index (Phi) is 7.76. The predicted octanol–water partition coefficient (Wildman–Crippen LogP) is 4.70. The van der Waals surface area contributed by atoms with Crippen LogP contribution in [0, 0.1) is 0 Å². The van der Waals surface area contributed by atoms with Gasteiger partial charge in [0.25, 0.3) is 0 Å². The summed E-state index contributed by atoms with van der Waals surface area (Å²) in [4.78, 5) is 10.8. The number of hydrogen-bond acceptors (Lipinski definition) is 4. The summed E-state index contributed by atoms with van der Waals surface area (Å²) in [7, 11) is -1.96. The number of amides is 1. The molecule has 0 aliphatic carbocycles. The third-order valence-corrected chi connectivity index (χ3v) is 9.21. The fourth-order valence-electron chi connectivity index (χ4n) is 1.81. The van der Waals surface area contributed by atoms with Gasteiger partial charge in [-0.15, -0.1) is 0 Å². The summed E-state index contributed by atoms with van der Waals surface area (Å²) in [5, 5.41) is 0.0889. The van der Waals surface area contributed by atoms with Crippen LogP contribution < -0.4 is 10.5 Å². The zero-order valence-electron chi connectivity index (χ0n) is 15.1. The Morgan fingerprint density at radius 3 is 2.54 bits per heavy atom.